The van der Waals surface area contributed by atoms with E-state index in [2.05, 4.69) is 12.2 Å². The highest BCUT2D eigenvalue weighted by atomic mass is 19.1. The molecule has 0 aliphatic carbocycles. The first-order chi connectivity index (χ1) is 8.33. The van der Waals surface area contributed by atoms with Crippen LogP contribution in [0.3, 0.4) is 0 Å². The van der Waals surface area contributed by atoms with Crippen LogP contribution in [0.25, 0.3) is 0 Å². The Morgan fingerprint density at radius 2 is 2.00 bits per heavy atom. The summed E-state index contributed by atoms with van der Waals surface area (Å²) < 4.78 is 19.3. The predicted octanol–water partition coefficient (Wildman–Crippen LogP) is 4.06. The molecule has 0 spiro atoms. The lowest BCUT2D eigenvalue weighted by atomic mass is 10.1. The highest BCUT2D eigenvalue weighted by Crippen LogP contribution is 2.29. The number of ether oxygens (including phenoxy) is 1. The van der Waals surface area contributed by atoms with Crippen molar-refractivity contribution in [3.05, 3.63) is 29.6 Å². The fourth-order valence-corrected chi connectivity index (χ4v) is 1.75. The van der Waals surface area contributed by atoms with Crippen molar-refractivity contribution in [2.45, 2.75) is 52.7 Å². The van der Waals surface area contributed by atoms with Gasteiger partial charge in [-0.05, 0) is 58.9 Å². The highest BCUT2D eigenvalue weighted by Gasteiger charge is 2.18. The van der Waals surface area contributed by atoms with Gasteiger partial charge in [0.05, 0.1) is 0 Å². The van der Waals surface area contributed by atoms with E-state index in [4.69, 9.17) is 4.74 Å². The van der Waals surface area contributed by atoms with Gasteiger partial charge in [-0.15, -0.1) is 0 Å². The second-order valence-corrected chi connectivity index (χ2v) is 5.57. The van der Waals surface area contributed by atoms with Gasteiger partial charge in [0.15, 0.2) is 0 Å². The predicted molar refractivity (Wildman–Crippen MR) is 73.5 cm³/mol. The van der Waals surface area contributed by atoms with E-state index in [0.717, 1.165) is 24.3 Å². The lowest BCUT2D eigenvalue weighted by Gasteiger charge is -2.25. The van der Waals surface area contributed by atoms with Gasteiger partial charge < -0.3 is 10.1 Å². The summed E-state index contributed by atoms with van der Waals surface area (Å²) in [6.45, 7) is 11.0. The van der Waals surface area contributed by atoms with Crippen LogP contribution in [0.15, 0.2) is 18.2 Å². The number of benzene rings is 1. The molecule has 0 saturated carbocycles. The van der Waals surface area contributed by atoms with Crippen molar-refractivity contribution in [2.75, 3.05) is 6.54 Å². The zero-order chi connectivity index (χ0) is 13.8. The minimum Gasteiger partial charge on any atom is -0.488 e. The molecule has 0 aliphatic rings. The highest BCUT2D eigenvalue weighted by molar-refractivity contribution is 5.36. The molecule has 18 heavy (non-hydrogen) atoms. The van der Waals surface area contributed by atoms with Crippen molar-refractivity contribution in [1.82, 2.24) is 5.32 Å². The van der Waals surface area contributed by atoms with E-state index in [9.17, 15) is 4.39 Å². The maximum atomic E-state index is 13.4. The summed E-state index contributed by atoms with van der Waals surface area (Å²) >= 11 is 0. The van der Waals surface area contributed by atoms with Crippen molar-refractivity contribution >= 4 is 0 Å². The van der Waals surface area contributed by atoms with Crippen LogP contribution in [-0.2, 0) is 0 Å². The van der Waals surface area contributed by atoms with Gasteiger partial charge in [-0.1, -0.05) is 6.92 Å². The third kappa shape index (κ3) is 4.65. The SMILES string of the molecule is CCCNC(C)c1cc(F)ccc1OC(C)(C)C. The molecule has 0 amide bonds. The normalized spacial score (nSPS) is 13.4. The molecule has 1 aromatic carbocycles. The summed E-state index contributed by atoms with van der Waals surface area (Å²) in [7, 11) is 0. The van der Waals surface area contributed by atoms with Gasteiger partial charge >= 0.3 is 0 Å². The van der Waals surface area contributed by atoms with E-state index >= 15 is 0 Å². The minimum atomic E-state index is -0.281. The van der Waals surface area contributed by atoms with Crippen LogP contribution in [0.5, 0.6) is 5.75 Å². The number of nitrogens with one attached hydrogen (secondary N) is 1. The standard InChI is InChI=1S/C15H24FNO/c1-6-9-17-11(2)13-10-12(16)7-8-14(13)18-15(3,4)5/h7-8,10-11,17H,6,9H2,1-5H3. The maximum Gasteiger partial charge on any atom is 0.125 e. The Bertz CT molecular complexity index is 385. The van der Waals surface area contributed by atoms with Crippen LogP contribution >= 0.6 is 0 Å². The minimum absolute atomic E-state index is 0.0815. The molecule has 102 valence electrons. The van der Waals surface area contributed by atoms with Crippen LogP contribution in [0.2, 0.25) is 0 Å². The first-order valence-corrected chi connectivity index (χ1v) is 6.55. The van der Waals surface area contributed by atoms with Gasteiger partial charge in [0, 0.05) is 11.6 Å². The Labute approximate surface area is 110 Å². The van der Waals surface area contributed by atoms with Crippen LogP contribution in [0.1, 0.15) is 52.6 Å². The lowest BCUT2D eigenvalue weighted by Crippen LogP contribution is -2.26. The molecule has 1 aromatic rings. The van der Waals surface area contributed by atoms with Crippen LogP contribution < -0.4 is 10.1 Å². The second-order valence-electron chi connectivity index (χ2n) is 5.57. The monoisotopic (exact) mass is 253 g/mol. The third-order valence-corrected chi connectivity index (χ3v) is 2.56. The molecule has 1 rings (SSSR count). The number of rotatable bonds is 5. The van der Waals surface area contributed by atoms with Crippen molar-refractivity contribution < 1.29 is 9.13 Å². The molecule has 0 heterocycles. The van der Waals surface area contributed by atoms with Crippen LogP contribution in [0.4, 0.5) is 4.39 Å². The molecule has 0 bridgehead atoms. The van der Waals surface area contributed by atoms with E-state index < -0.39 is 0 Å². The zero-order valence-corrected chi connectivity index (χ0v) is 12.0. The summed E-state index contributed by atoms with van der Waals surface area (Å²) in [6, 6.07) is 4.78. The fraction of sp³-hybridized carbons (Fsp3) is 0.600. The zero-order valence-electron chi connectivity index (χ0n) is 12.0. The van der Waals surface area contributed by atoms with E-state index in [-0.39, 0.29) is 17.5 Å². The Morgan fingerprint density at radius 1 is 1.33 bits per heavy atom. The van der Waals surface area contributed by atoms with Crippen LogP contribution in [0, 0.1) is 5.82 Å². The van der Waals surface area contributed by atoms with E-state index in [1.54, 1.807) is 12.1 Å². The van der Waals surface area contributed by atoms with Crippen molar-refractivity contribution in [3.63, 3.8) is 0 Å². The average molecular weight is 253 g/mol. The van der Waals surface area contributed by atoms with Gasteiger partial charge in [-0.3, -0.25) is 0 Å². The summed E-state index contributed by atoms with van der Waals surface area (Å²) in [5.41, 5.74) is 0.593. The van der Waals surface area contributed by atoms with Crippen molar-refractivity contribution in [3.8, 4) is 5.75 Å². The molecule has 3 heteroatoms. The first kappa shape index (κ1) is 15.0. The molecular weight excluding hydrogens is 229 g/mol. The quantitative estimate of drug-likeness (QED) is 0.854. The third-order valence-electron chi connectivity index (χ3n) is 2.56. The Kier molecular flexibility index (Phi) is 5.15. The van der Waals surface area contributed by atoms with Crippen molar-refractivity contribution in [1.29, 1.82) is 0 Å². The Hall–Kier alpha value is -1.09. The van der Waals surface area contributed by atoms with Gasteiger partial charge in [-0.25, -0.2) is 4.39 Å². The fourth-order valence-electron chi connectivity index (χ4n) is 1.75. The molecule has 0 saturated heterocycles. The molecule has 1 unspecified atom stereocenters. The van der Waals surface area contributed by atoms with E-state index in [1.807, 2.05) is 27.7 Å². The largest absolute Gasteiger partial charge is 0.488 e. The van der Waals surface area contributed by atoms with Gasteiger partial charge in [0.25, 0.3) is 0 Å². The molecule has 0 radical (unpaired) electrons. The molecule has 0 fully saturated rings. The summed E-state index contributed by atoms with van der Waals surface area (Å²) in [4.78, 5) is 0. The van der Waals surface area contributed by atoms with Gasteiger partial charge in [0.1, 0.15) is 17.2 Å². The summed E-state index contributed by atoms with van der Waals surface area (Å²) in [6.07, 6.45) is 1.05. The molecule has 1 atom stereocenters. The second kappa shape index (κ2) is 6.19. The summed E-state index contributed by atoms with van der Waals surface area (Å²) in [5, 5.41) is 3.36. The summed E-state index contributed by atoms with van der Waals surface area (Å²) in [5.74, 6) is 0.524. The molecule has 0 aromatic heterocycles. The maximum absolute atomic E-state index is 13.4. The number of hydrogen-bond acceptors (Lipinski definition) is 2. The molecule has 2 nitrogen and oxygen atoms in total. The van der Waals surface area contributed by atoms with Crippen molar-refractivity contribution in [2.24, 2.45) is 0 Å². The first-order valence-electron chi connectivity index (χ1n) is 6.55. The van der Waals surface area contributed by atoms with E-state index in [1.165, 1.54) is 6.07 Å². The van der Waals surface area contributed by atoms with E-state index in [0.29, 0.717) is 0 Å². The molecular formula is C15H24FNO. The lowest BCUT2D eigenvalue weighted by molar-refractivity contribution is 0.128. The Balaban J connectivity index is 2.96. The number of halogens is 1. The topological polar surface area (TPSA) is 21.3 Å². The van der Waals surface area contributed by atoms with Crippen LogP contribution in [-0.4, -0.2) is 12.1 Å². The molecule has 0 aliphatic heterocycles. The van der Waals surface area contributed by atoms with Gasteiger partial charge in [-0.2, -0.15) is 0 Å². The average Bonchev–Trinajstić information content (AvgIpc) is 2.26. The van der Waals surface area contributed by atoms with Gasteiger partial charge in [0.2, 0.25) is 0 Å². The smallest absolute Gasteiger partial charge is 0.125 e. The molecule has 1 N–H and O–H groups in total. The Morgan fingerprint density at radius 3 is 2.56 bits per heavy atom. The number of hydrogen-bond donors (Lipinski definition) is 1.